The van der Waals surface area contributed by atoms with Crippen LogP contribution in [0.2, 0.25) is 0 Å². The maximum Gasteiger partial charge on any atom is 0.305 e. The zero-order chi connectivity index (χ0) is 19.2. The topological polar surface area (TPSA) is 43.4 Å². The zero-order valence-electron chi connectivity index (χ0n) is 17.3. The van der Waals surface area contributed by atoms with E-state index in [-0.39, 0.29) is 22.2 Å². The largest absolute Gasteiger partial charge is 0.469 e. The van der Waals surface area contributed by atoms with E-state index in [1.54, 1.807) is 5.57 Å². The Bertz CT molecular complexity index is 617. The lowest BCUT2D eigenvalue weighted by atomic mass is 9.42. The van der Waals surface area contributed by atoms with Gasteiger partial charge in [-0.15, -0.1) is 0 Å². The molecule has 3 heteroatoms. The summed E-state index contributed by atoms with van der Waals surface area (Å²) in [6.07, 6.45) is 11.5. The predicted octanol–water partition coefficient (Wildman–Crippen LogP) is 5.48. The molecule has 2 saturated carbocycles. The Morgan fingerprint density at radius 3 is 2.58 bits per heavy atom. The lowest BCUT2D eigenvalue weighted by molar-refractivity contribution is -0.142. The first-order chi connectivity index (χ1) is 12.2. The summed E-state index contributed by atoms with van der Waals surface area (Å²) < 4.78 is 4.81. The van der Waals surface area contributed by atoms with Gasteiger partial charge in [0.1, 0.15) is 5.78 Å². The first-order valence-corrected chi connectivity index (χ1v) is 10.5. The molecule has 0 radical (unpaired) electrons. The van der Waals surface area contributed by atoms with Crippen LogP contribution in [0.15, 0.2) is 11.6 Å². The van der Waals surface area contributed by atoms with Crippen molar-refractivity contribution in [2.45, 2.75) is 85.5 Å². The molecule has 0 aromatic rings. The molecule has 2 unspecified atom stereocenters. The molecule has 26 heavy (non-hydrogen) atoms. The summed E-state index contributed by atoms with van der Waals surface area (Å²) >= 11 is 0. The second-order valence-electron chi connectivity index (χ2n) is 9.93. The average Bonchev–Trinajstić information content (AvgIpc) is 2.59. The summed E-state index contributed by atoms with van der Waals surface area (Å²) in [6.45, 7) is 9.26. The van der Waals surface area contributed by atoms with Crippen molar-refractivity contribution in [3.63, 3.8) is 0 Å². The molecule has 0 spiro atoms. The maximum absolute atomic E-state index is 12.6. The molecule has 0 aliphatic heterocycles. The number of hydrogen-bond donors (Lipinski definition) is 0. The van der Waals surface area contributed by atoms with Crippen LogP contribution in [0.25, 0.3) is 0 Å². The van der Waals surface area contributed by atoms with Crippen molar-refractivity contribution in [2.24, 2.45) is 28.1 Å². The summed E-state index contributed by atoms with van der Waals surface area (Å²) in [5, 5.41) is 0. The van der Waals surface area contributed by atoms with E-state index < -0.39 is 0 Å². The summed E-state index contributed by atoms with van der Waals surface area (Å²) in [4.78, 5) is 24.1. The third-order valence-electron chi connectivity index (χ3n) is 8.34. The van der Waals surface area contributed by atoms with Crippen LogP contribution in [-0.4, -0.2) is 18.9 Å². The number of hydrogen-bond acceptors (Lipinski definition) is 3. The van der Waals surface area contributed by atoms with Gasteiger partial charge in [-0.3, -0.25) is 9.59 Å². The van der Waals surface area contributed by atoms with Crippen LogP contribution < -0.4 is 0 Å². The van der Waals surface area contributed by atoms with Gasteiger partial charge in [0.15, 0.2) is 0 Å². The number of allylic oxidation sites excluding steroid dienone is 2. The number of carbonyl (C=O) groups excluding carboxylic acids is 2. The van der Waals surface area contributed by atoms with Crippen molar-refractivity contribution in [3.8, 4) is 0 Å². The number of ether oxygens (including phenoxy) is 1. The monoisotopic (exact) mass is 360 g/mol. The average molecular weight is 361 g/mol. The normalized spacial score (nSPS) is 38.8. The van der Waals surface area contributed by atoms with Gasteiger partial charge in [0.05, 0.1) is 7.11 Å². The molecule has 146 valence electrons. The second kappa shape index (κ2) is 6.80. The van der Waals surface area contributed by atoms with E-state index in [9.17, 15) is 9.59 Å². The SMILES string of the molecule is COC(=O)CCCC1CCC=C2C1(C)CC[C@H]1C(C)(C)C(=O)CC[C@]21C. The lowest BCUT2D eigenvalue weighted by Crippen LogP contribution is -2.55. The molecule has 0 amide bonds. The number of ketones is 1. The fourth-order valence-electron chi connectivity index (χ4n) is 6.79. The van der Waals surface area contributed by atoms with E-state index >= 15 is 0 Å². The standard InChI is InChI=1S/C23H36O3/c1-21(2)17-12-14-22(3)16(9-7-11-20(25)26-5)8-6-10-18(22)23(17,4)15-13-19(21)24/h10,16-17H,6-9,11-15H2,1-5H3/t16?,17-,22?,23-/m0/s1. The molecule has 2 fully saturated rings. The highest BCUT2D eigenvalue weighted by Gasteiger charge is 2.59. The van der Waals surface area contributed by atoms with E-state index in [1.807, 2.05) is 0 Å². The fourth-order valence-corrected chi connectivity index (χ4v) is 6.79. The van der Waals surface area contributed by atoms with Crippen LogP contribution >= 0.6 is 0 Å². The summed E-state index contributed by atoms with van der Waals surface area (Å²) in [6, 6.07) is 0. The van der Waals surface area contributed by atoms with Gasteiger partial charge in [-0.1, -0.05) is 39.3 Å². The number of carbonyl (C=O) groups is 2. The van der Waals surface area contributed by atoms with Crippen LogP contribution in [0.5, 0.6) is 0 Å². The second-order valence-corrected chi connectivity index (χ2v) is 9.93. The van der Waals surface area contributed by atoms with Gasteiger partial charge in [0.2, 0.25) is 0 Å². The Morgan fingerprint density at radius 1 is 1.15 bits per heavy atom. The maximum atomic E-state index is 12.6. The summed E-state index contributed by atoms with van der Waals surface area (Å²) in [5.41, 5.74) is 1.82. The summed E-state index contributed by atoms with van der Waals surface area (Å²) in [7, 11) is 1.47. The van der Waals surface area contributed by atoms with Crippen LogP contribution in [0, 0.1) is 28.1 Å². The molecule has 4 atom stereocenters. The van der Waals surface area contributed by atoms with Crippen LogP contribution in [0.3, 0.4) is 0 Å². The molecule has 3 aliphatic rings. The van der Waals surface area contributed by atoms with Crippen LogP contribution in [0.1, 0.15) is 85.5 Å². The minimum atomic E-state index is -0.201. The zero-order valence-corrected chi connectivity index (χ0v) is 17.3. The minimum absolute atomic E-state index is 0.0926. The number of fused-ring (bicyclic) bond motifs is 3. The van der Waals surface area contributed by atoms with E-state index in [0.29, 0.717) is 24.0 Å². The molecule has 3 nitrogen and oxygen atoms in total. The van der Waals surface area contributed by atoms with Crippen molar-refractivity contribution in [1.82, 2.24) is 0 Å². The Labute approximate surface area is 158 Å². The van der Waals surface area contributed by atoms with E-state index in [0.717, 1.165) is 38.5 Å². The van der Waals surface area contributed by atoms with Crippen molar-refractivity contribution < 1.29 is 14.3 Å². The molecule has 3 aliphatic carbocycles. The van der Waals surface area contributed by atoms with Gasteiger partial charge in [0, 0.05) is 18.3 Å². The summed E-state index contributed by atoms with van der Waals surface area (Å²) in [5.74, 6) is 1.47. The number of rotatable bonds is 4. The molecule has 0 saturated heterocycles. The molecule has 3 rings (SSSR count). The van der Waals surface area contributed by atoms with Crippen molar-refractivity contribution in [2.75, 3.05) is 7.11 Å². The van der Waals surface area contributed by atoms with Gasteiger partial charge in [-0.25, -0.2) is 0 Å². The minimum Gasteiger partial charge on any atom is -0.469 e. The number of esters is 1. The quantitative estimate of drug-likeness (QED) is 0.492. The van der Waals surface area contributed by atoms with E-state index in [1.165, 1.54) is 20.0 Å². The Hall–Kier alpha value is -1.12. The van der Waals surface area contributed by atoms with E-state index in [4.69, 9.17) is 4.74 Å². The Balaban J connectivity index is 1.83. The lowest BCUT2D eigenvalue weighted by Gasteiger charge is -2.61. The highest BCUT2D eigenvalue weighted by atomic mass is 16.5. The van der Waals surface area contributed by atoms with Gasteiger partial charge in [-0.05, 0) is 67.6 Å². The number of Topliss-reactive ketones (excluding diaryl/α,β-unsaturated/α-hetero) is 1. The molecular formula is C23H36O3. The van der Waals surface area contributed by atoms with Crippen LogP contribution in [0.4, 0.5) is 0 Å². The van der Waals surface area contributed by atoms with Gasteiger partial charge in [-0.2, -0.15) is 0 Å². The highest BCUT2D eigenvalue weighted by molar-refractivity contribution is 5.85. The third-order valence-corrected chi connectivity index (χ3v) is 8.34. The first-order valence-electron chi connectivity index (χ1n) is 10.5. The third kappa shape index (κ3) is 2.96. The van der Waals surface area contributed by atoms with Crippen LogP contribution in [-0.2, 0) is 14.3 Å². The first kappa shape index (κ1) is 19.6. The van der Waals surface area contributed by atoms with Gasteiger partial charge in [0.25, 0.3) is 0 Å². The van der Waals surface area contributed by atoms with Crippen molar-refractivity contribution in [3.05, 3.63) is 11.6 Å². The van der Waals surface area contributed by atoms with Crippen molar-refractivity contribution >= 4 is 11.8 Å². The smallest absolute Gasteiger partial charge is 0.305 e. The van der Waals surface area contributed by atoms with Crippen molar-refractivity contribution in [1.29, 1.82) is 0 Å². The fraction of sp³-hybridized carbons (Fsp3) is 0.826. The Kier molecular flexibility index (Phi) is 5.13. The van der Waals surface area contributed by atoms with E-state index in [2.05, 4.69) is 33.8 Å². The Morgan fingerprint density at radius 2 is 1.88 bits per heavy atom. The number of methoxy groups -OCH3 is 1. The van der Waals surface area contributed by atoms with Gasteiger partial charge < -0.3 is 4.74 Å². The predicted molar refractivity (Wildman–Crippen MR) is 104 cm³/mol. The highest BCUT2D eigenvalue weighted by Crippen LogP contribution is 2.66. The molecule has 0 heterocycles. The molecule has 0 bridgehead atoms. The molecule has 0 N–H and O–H groups in total. The molecule has 0 aromatic heterocycles. The van der Waals surface area contributed by atoms with Gasteiger partial charge >= 0.3 is 5.97 Å². The molecule has 0 aromatic carbocycles. The molecular weight excluding hydrogens is 324 g/mol.